The van der Waals surface area contributed by atoms with E-state index in [4.69, 9.17) is 4.42 Å². The van der Waals surface area contributed by atoms with Crippen LogP contribution in [-0.4, -0.2) is 23.2 Å². The standard InChI is InChI=1S/C20H26N2O3/c1-14(12-18(23)19-8-5-11-25-19)21-20(24)22-17(16-9-10-16)13-15-6-3-2-4-7-15/h2-8,11,14,16-18,23H,9-10,12-13H2,1H3,(H2,21,22,24). The second-order valence-corrected chi connectivity index (χ2v) is 6.92. The first-order valence-corrected chi connectivity index (χ1v) is 8.94. The van der Waals surface area contributed by atoms with Gasteiger partial charge in [-0.3, -0.25) is 0 Å². The van der Waals surface area contributed by atoms with Crippen molar-refractivity contribution < 1.29 is 14.3 Å². The number of nitrogens with one attached hydrogen (secondary N) is 2. The first-order valence-electron chi connectivity index (χ1n) is 8.94. The van der Waals surface area contributed by atoms with Crippen molar-refractivity contribution >= 4 is 6.03 Å². The molecule has 0 bridgehead atoms. The van der Waals surface area contributed by atoms with Crippen molar-refractivity contribution in [1.82, 2.24) is 10.6 Å². The van der Waals surface area contributed by atoms with Crippen molar-refractivity contribution in [3.63, 3.8) is 0 Å². The van der Waals surface area contributed by atoms with Crippen molar-refractivity contribution in [2.24, 2.45) is 5.92 Å². The topological polar surface area (TPSA) is 74.5 Å². The summed E-state index contributed by atoms with van der Waals surface area (Å²) < 4.78 is 5.19. The first kappa shape index (κ1) is 17.5. The van der Waals surface area contributed by atoms with Crippen LogP contribution in [-0.2, 0) is 6.42 Å². The number of carbonyl (C=O) groups excluding carboxylic acids is 1. The molecule has 5 nitrogen and oxygen atoms in total. The maximum Gasteiger partial charge on any atom is 0.315 e. The van der Waals surface area contributed by atoms with Crippen molar-refractivity contribution in [2.75, 3.05) is 0 Å². The summed E-state index contributed by atoms with van der Waals surface area (Å²) in [7, 11) is 0. The largest absolute Gasteiger partial charge is 0.467 e. The molecule has 3 unspecified atom stereocenters. The molecule has 0 saturated heterocycles. The monoisotopic (exact) mass is 342 g/mol. The summed E-state index contributed by atoms with van der Waals surface area (Å²) in [6.45, 7) is 1.88. The SMILES string of the molecule is CC(CC(O)c1ccco1)NC(=O)NC(Cc1ccccc1)C1CC1. The number of aliphatic hydroxyl groups is 1. The van der Waals surface area contributed by atoms with Crippen LogP contribution in [0.15, 0.2) is 53.1 Å². The molecule has 25 heavy (non-hydrogen) atoms. The normalized spacial score (nSPS) is 17.5. The molecule has 2 aromatic rings. The average Bonchev–Trinajstić information content (AvgIpc) is 3.28. The lowest BCUT2D eigenvalue weighted by atomic mass is 10.0. The van der Waals surface area contributed by atoms with Crippen LogP contribution in [0.25, 0.3) is 0 Å². The Morgan fingerprint density at radius 1 is 1.20 bits per heavy atom. The lowest BCUT2D eigenvalue weighted by molar-refractivity contribution is 0.129. The molecule has 0 spiro atoms. The quantitative estimate of drug-likeness (QED) is 0.688. The zero-order valence-corrected chi connectivity index (χ0v) is 14.5. The third-order valence-corrected chi connectivity index (χ3v) is 4.63. The Morgan fingerprint density at radius 3 is 2.60 bits per heavy atom. The number of aliphatic hydroxyl groups excluding tert-OH is 1. The summed E-state index contributed by atoms with van der Waals surface area (Å²) >= 11 is 0. The van der Waals surface area contributed by atoms with Gasteiger partial charge in [0, 0.05) is 18.5 Å². The van der Waals surface area contributed by atoms with Gasteiger partial charge in [-0.2, -0.15) is 0 Å². The molecular formula is C20H26N2O3. The van der Waals surface area contributed by atoms with Gasteiger partial charge in [-0.25, -0.2) is 4.79 Å². The number of benzene rings is 1. The van der Waals surface area contributed by atoms with Crippen LogP contribution in [0.5, 0.6) is 0 Å². The molecule has 5 heteroatoms. The van der Waals surface area contributed by atoms with Crippen molar-refractivity contribution in [3.05, 3.63) is 60.1 Å². The van der Waals surface area contributed by atoms with Crippen LogP contribution in [0.1, 0.15) is 43.6 Å². The van der Waals surface area contributed by atoms with Gasteiger partial charge in [0.05, 0.1) is 6.26 Å². The molecule has 1 heterocycles. The summed E-state index contributed by atoms with van der Waals surface area (Å²) in [4.78, 5) is 12.3. The predicted octanol–water partition coefficient (Wildman–Crippen LogP) is 3.41. The molecule has 1 aliphatic rings. The number of hydrogen-bond donors (Lipinski definition) is 3. The van der Waals surface area contributed by atoms with E-state index in [-0.39, 0.29) is 18.1 Å². The Morgan fingerprint density at radius 2 is 1.96 bits per heavy atom. The molecular weight excluding hydrogens is 316 g/mol. The van der Waals surface area contributed by atoms with E-state index in [2.05, 4.69) is 22.8 Å². The molecule has 1 saturated carbocycles. The number of urea groups is 1. The molecule has 3 rings (SSSR count). The highest BCUT2D eigenvalue weighted by molar-refractivity contribution is 5.74. The van der Waals surface area contributed by atoms with E-state index in [1.54, 1.807) is 12.1 Å². The molecule has 3 N–H and O–H groups in total. The molecule has 0 aliphatic heterocycles. The minimum atomic E-state index is -0.714. The number of rotatable bonds is 8. The molecule has 1 aromatic heterocycles. The van der Waals surface area contributed by atoms with Crippen molar-refractivity contribution in [3.8, 4) is 0 Å². The van der Waals surface area contributed by atoms with Crippen LogP contribution >= 0.6 is 0 Å². The smallest absolute Gasteiger partial charge is 0.315 e. The van der Waals surface area contributed by atoms with Gasteiger partial charge in [-0.05, 0) is 49.8 Å². The number of furan rings is 1. The highest BCUT2D eigenvalue weighted by Crippen LogP contribution is 2.34. The zero-order chi connectivity index (χ0) is 17.6. The van der Waals surface area contributed by atoms with Gasteiger partial charge in [0.2, 0.25) is 0 Å². The molecule has 2 amide bonds. The van der Waals surface area contributed by atoms with Crippen LogP contribution in [0.2, 0.25) is 0 Å². The summed E-state index contributed by atoms with van der Waals surface area (Å²) in [5.74, 6) is 1.09. The van der Waals surface area contributed by atoms with Gasteiger partial charge in [0.15, 0.2) is 0 Å². The fourth-order valence-electron chi connectivity index (χ4n) is 3.13. The lowest BCUT2D eigenvalue weighted by Gasteiger charge is -2.22. The maximum atomic E-state index is 12.3. The van der Waals surface area contributed by atoms with E-state index in [0.29, 0.717) is 18.1 Å². The Bertz CT molecular complexity index is 653. The molecule has 134 valence electrons. The number of hydrogen-bond acceptors (Lipinski definition) is 3. The van der Waals surface area contributed by atoms with Gasteiger partial charge < -0.3 is 20.2 Å². The Balaban J connectivity index is 1.48. The zero-order valence-electron chi connectivity index (χ0n) is 14.5. The van der Waals surface area contributed by atoms with Gasteiger partial charge in [0.1, 0.15) is 11.9 Å². The van der Waals surface area contributed by atoms with Crippen molar-refractivity contribution in [1.29, 1.82) is 0 Å². The Labute approximate surface area is 148 Å². The van der Waals surface area contributed by atoms with E-state index < -0.39 is 6.10 Å². The van der Waals surface area contributed by atoms with E-state index in [1.165, 1.54) is 24.7 Å². The van der Waals surface area contributed by atoms with Crippen molar-refractivity contribution in [2.45, 2.75) is 50.8 Å². The molecule has 3 atom stereocenters. The van der Waals surface area contributed by atoms with Gasteiger partial charge in [-0.1, -0.05) is 30.3 Å². The summed E-state index contributed by atoms with van der Waals surface area (Å²) in [6, 6.07) is 13.5. The second-order valence-electron chi connectivity index (χ2n) is 6.92. The number of carbonyl (C=O) groups is 1. The van der Waals surface area contributed by atoms with Crippen LogP contribution in [0, 0.1) is 5.92 Å². The van der Waals surface area contributed by atoms with E-state index >= 15 is 0 Å². The minimum absolute atomic E-state index is 0.156. The Hall–Kier alpha value is -2.27. The van der Waals surface area contributed by atoms with Gasteiger partial charge in [0.25, 0.3) is 0 Å². The summed E-state index contributed by atoms with van der Waals surface area (Å²) in [5, 5.41) is 16.1. The van der Waals surface area contributed by atoms with E-state index in [0.717, 1.165) is 6.42 Å². The van der Waals surface area contributed by atoms with Gasteiger partial charge >= 0.3 is 6.03 Å². The van der Waals surface area contributed by atoms with E-state index in [9.17, 15) is 9.90 Å². The highest BCUT2D eigenvalue weighted by atomic mass is 16.4. The highest BCUT2D eigenvalue weighted by Gasteiger charge is 2.32. The van der Waals surface area contributed by atoms with Gasteiger partial charge in [-0.15, -0.1) is 0 Å². The molecule has 0 radical (unpaired) electrons. The average molecular weight is 342 g/mol. The number of amides is 2. The minimum Gasteiger partial charge on any atom is -0.467 e. The third-order valence-electron chi connectivity index (χ3n) is 4.63. The Kier molecular flexibility index (Phi) is 5.76. The van der Waals surface area contributed by atoms with Crippen LogP contribution in [0.4, 0.5) is 4.79 Å². The second kappa shape index (κ2) is 8.21. The first-order chi connectivity index (χ1) is 12.1. The van der Waals surface area contributed by atoms with Crippen LogP contribution in [0.3, 0.4) is 0 Å². The van der Waals surface area contributed by atoms with Crippen LogP contribution < -0.4 is 10.6 Å². The fourth-order valence-corrected chi connectivity index (χ4v) is 3.13. The van der Waals surface area contributed by atoms with E-state index in [1.807, 2.05) is 25.1 Å². The summed E-state index contributed by atoms with van der Waals surface area (Å²) in [6.07, 6.45) is 4.42. The third kappa shape index (κ3) is 5.36. The molecule has 1 aromatic carbocycles. The molecule has 1 aliphatic carbocycles. The molecule has 1 fully saturated rings. The fraction of sp³-hybridized carbons (Fsp3) is 0.450. The summed E-state index contributed by atoms with van der Waals surface area (Å²) in [5.41, 5.74) is 1.24. The maximum absolute atomic E-state index is 12.3. The predicted molar refractivity (Wildman–Crippen MR) is 96.1 cm³/mol. The lowest BCUT2D eigenvalue weighted by Crippen LogP contribution is -2.47.